The molecule has 0 saturated carbocycles. The third-order valence-electron chi connectivity index (χ3n) is 1.46. The molecule has 0 aromatic heterocycles. The highest BCUT2D eigenvalue weighted by molar-refractivity contribution is 7.99. The van der Waals surface area contributed by atoms with Crippen LogP contribution < -0.4 is 5.32 Å². The molecule has 0 saturated heterocycles. The summed E-state index contributed by atoms with van der Waals surface area (Å²) in [6.45, 7) is 0. The molecule has 0 fully saturated rings. The van der Waals surface area contributed by atoms with Gasteiger partial charge in [-0.2, -0.15) is 0 Å². The normalized spacial score (nSPS) is 14.4. The fourth-order valence-corrected chi connectivity index (χ4v) is 1.85. The summed E-state index contributed by atoms with van der Waals surface area (Å²) in [4.78, 5) is 1.14. The van der Waals surface area contributed by atoms with Crippen molar-refractivity contribution in [1.82, 2.24) is 0 Å². The molecule has 10 heavy (non-hydrogen) atoms. The lowest BCUT2D eigenvalue weighted by atomic mass is 10.3. The van der Waals surface area contributed by atoms with Gasteiger partial charge < -0.3 is 10.4 Å². The second-order valence-corrected chi connectivity index (χ2v) is 3.16. The number of anilines is 1. The van der Waals surface area contributed by atoms with Gasteiger partial charge in [0, 0.05) is 10.6 Å². The zero-order valence-electron chi connectivity index (χ0n) is 5.29. The summed E-state index contributed by atoms with van der Waals surface area (Å²) < 4.78 is 0. The third-order valence-corrected chi connectivity index (χ3v) is 2.39. The van der Waals surface area contributed by atoms with Crippen LogP contribution in [0.1, 0.15) is 0 Å². The Kier molecular flexibility index (Phi) is 1.24. The molecule has 1 aliphatic rings. The summed E-state index contributed by atoms with van der Waals surface area (Å²) >= 11 is 1.71. The first-order valence-electron chi connectivity index (χ1n) is 3.06. The van der Waals surface area contributed by atoms with E-state index in [2.05, 4.69) is 5.32 Å². The summed E-state index contributed by atoms with van der Waals surface area (Å²) in [6, 6.07) is 5.36. The smallest absolute Gasteiger partial charge is 0.116 e. The average Bonchev–Trinajstić information content (AvgIpc) is 2.33. The fourth-order valence-electron chi connectivity index (χ4n) is 0.968. The van der Waals surface area contributed by atoms with Crippen molar-refractivity contribution in [3.63, 3.8) is 0 Å². The molecule has 52 valence electrons. The van der Waals surface area contributed by atoms with E-state index in [1.54, 1.807) is 23.9 Å². The summed E-state index contributed by atoms with van der Waals surface area (Å²) in [5.41, 5.74) is 1.13. The van der Waals surface area contributed by atoms with Gasteiger partial charge in [0.15, 0.2) is 0 Å². The third kappa shape index (κ3) is 0.827. The van der Waals surface area contributed by atoms with Crippen molar-refractivity contribution < 1.29 is 5.11 Å². The van der Waals surface area contributed by atoms with Crippen LogP contribution in [0.25, 0.3) is 0 Å². The Morgan fingerprint density at radius 3 is 3.30 bits per heavy atom. The van der Waals surface area contributed by atoms with E-state index in [4.69, 9.17) is 5.11 Å². The van der Waals surface area contributed by atoms with Crippen LogP contribution in [0.5, 0.6) is 5.75 Å². The lowest BCUT2D eigenvalue weighted by Crippen LogP contribution is -1.86. The second kappa shape index (κ2) is 2.09. The number of phenolic OH excluding ortho intramolecular Hbond substituents is 1. The maximum atomic E-state index is 9.06. The Hall–Kier alpha value is -0.830. The molecule has 0 aliphatic carbocycles. The van der Waals surface area contributed by atoms with Gasteiger partial charge in [-0.3, -0.25) is 0 Å². The summed E-state index contributed by atoms with van der Waals surface area (Å²) in [7, 11) is 0. The van der Waals surface area contributed by atoms with Gasteiger partial charge in [0.2, 0.25) is 0 Å². The van der Waals surface area contributed by atoms with E-state index in [1.807, 2.05) is 6.07 Å². The predicted molar refractivity (Wildman–Crippen MR) is 42.5 cm³/mol. The van der Waals surface area contributed by atoms with Crippen LogP contribution in [-0.4, -0.2) is 11.0 Å². The van der Waals surface area contributed by atoms with Gasteiger partial charge in [-0.15, -0.1) is 11.8 Å². The minimum Gasteiger partial charge on any atom is -0.508 e. The minimum absolute atomic E-state index is 0.343. The first kappa shape index (κ1) is 5.92. The fraction of sp³-hybridized carbons (Fsp3) is 0.143. The van der Waals surface area contributed by atoms with Gasteiger partial charge >= 0.3 is 0 Å². The van der Waals surface area contributed by atoms with E-state index >= 15 is 0 Å². The van der Waals surface area contributed by atoms with Crippen molar-refractivity contribution in [1.29, 1.82) is 0 Å². The number of fused-ring (bicyclic) bond motifs is 1. The molecule has 1 aliphatic heterocycles. The van der Waals surface area contributed by atoms with Crippen LogP contribution in [0.15, 0.2) is 23.1 Å². The predicted octanol–water partition coefficient (Wildman–Crippen LogP) is 1.87. The van der Waals surface area contributed by atoms with E-state index in [0.717, 1.165) is 16.5 Å². The van der Waals surface area contributed by atoms with Crippen LogP contribution in [0, 0.1) is 0 Å². The number of thioether (sulfide) groups is 1. The Balaban J connectivity index is 2.52. The van der Waals surface area contributed by atoms with E-state index in [1.165, 1.54) is 0 Å². The van der Waals surface area contributed by atoms with Gasteiger partial charge in [-0.1, -0.05) is 0 Å². The lowest BCUT2D eigenvalue weighted by molar-refractivity contribution is 0.474. The standard InChI is InChI=1S/C7H7NOS/c9-5-1-2-6-7(3-5)10-4-8-6/h1-3,8-9H,4H2. The zero-order chi connectivity index (χ0) is 6.97. The molecule has 1 aromatic rings. The van der Waals surface area contributed by atoms with E-state index in [0.29, 0.717) is 5.75 Å². The van der Waals surface area contributed by atoms with Crippen LogP contribution >= 0.6 is 11.8 Å². The van der Waals surface area contributed by atoms with Crippen molar-refractivity contribution in [2.45, 2.75) is 4.90 Å². The molecule has 0 unspecified atom stereocenters. The van der Waals surface area contributed by atoms with Crippen molar-refractivity contribution >= 4 is 17.4 Å². The second-order valence-electron chi connectivity index (χ2n) is 2.15. The Morgan fingerprint density at radius 2 is 2.40 bits per heavy atom. The molecule has 0 atom stereocenters. The van der Waals surface area contributed by atoms with Crippen molar-refractivity contribution in [3.05, 3.63) is 18.2 Å². The molecule has 2 N–H and O–H groups in total. The maximum Gasteiger partial charge on any atom is 0.116 e. The molecule has 2 rings (SSSR count). The summed E-state index contributed by atoms with van der Waals surface area (Å²) in [5.74, 6) is 1.26. The van der Waals surface area contributed by atoms with Gasteiger partial charge in [-0.25, -0.2) is 0 Å². The Bertz CT molecular complexity index is 262. The maximum absolute atomic E-state index is 9.06. The molecule has 0 amide bonds. The van der Waals surface area contributed by atoms with Crippen LogP contribution in [0.2, 0.25) is 0 Å². The minimum atomic E-state index is 0.343. The summed E-state index contributed by atoms with van der Waals surface area (Å²) in [6.07, 6.45) is 0. The number of hydrogen-bond donors (Lipinski definition) is 2. The van der Waals surface area contributed by atoms with Crippen LogP contribution in [-0.2, 0) is 0 Å². The molecule has 3 heteroatoms. The number of aromatic hydroxyl groups is 1. The molecule has 1 heterocycles. The van der Waals surface area contributed by atoms with Crippen molar-refractivity contribution in [3.8, 4) is 5.75 Å². The van der Waals surface area contributed by atoms with Gasteiger partial charge in [-0.05, 0) is 18.2 Å². The molecule has 0 spiro atoms. The number of phenols is 1. The number of benzene rings is 1. The molecule has 2 nitrogen and oxygen atoms in total. The first-order chi connectivity index (χ1) is 4.86. The zero-order valence-corrected chi connectivity index (χ0v) is 6.11. The first-order valence-corrected chi connectivity index (χ1v) is 4.04. The van der Waals surface area contributed by atoms with Gasteiger partial charge in [0.25, 0.3) is 0 Å². The number of nitrogens with one attached hydrogen (secondary N) is 1. The van der Waals surface area contributed by atoms with Crippen molar-refractivity contribution in [2.24, 2.45) is 0 Å². The average molecular weight is 153 g/mol. The highest BCUT2D eigenvalue weighted by atomic mass is 32.2. The van der Waals surface area contributed by atoms with Crippen molar-refractivity contribution in [2.75, 3.05) is 11.2 Å². The molecule has 1 aromatic carbocycles. The van der Waals surface area contributed by atoms with E-state index in [9.17, 15) is 0 Å². The van der Waals surface area contributed by atoms with Gasteiger partial charge in [0.1, 0.15) is 5.75 Å². The largest absolute Gasteiger partial charge is 0.508 e. The highest BCUT2D eigenvalue weighted by Crippen LogP contribution is 2.35. The monoisotopic (exact) mass is 153 g/mol. The molecular formula is C7H7NOS. The van der Waals surface area contributed by atoms with Crippen LogP contribution in [0.3, 0.4) is 0 Å². The Morgan fingerprint density at radius 1 is 1.50 bits per heavy atom. The van der Waals surface area contributed by atoms with E-state index < -0.39 is 0 Å². The molecular weight excluding hydrogens is 146 g/mol. The SMILES string of the molecule is Oc1ccc2c(c1)SCN2. The quantitative estimate of drug-likeness (QED) is 0.558. The highest BCUT2D eigenvalue weighted by Gasteiger charge is 2.09. The van der Waals surface area contributed by atoms with Crippen LogP contribution in [0.4, 0.5) is 5.69 Å². The summed E-state index contributed by atoms with van der Waals surface area (Å²) in [5, 5.41) is 12.2. The topological polar surface area (TPSA) is 32.3 Å². The number of hydrogen-bond acceptors (Lipinski definition) is 3. The van der Waals surface area contributed by atoms with E-state index in [-0.39, 0.29) is 0 Å². The molecule has 0 radical (unpaired) electrons. The van der Waals surface area contributed by atoms with Gasteiger partial charge in [0.05, 0.1) is 5.88 Å². The Labute approximate surface area is 63.3 Å². The molecule has 0 bridgehead atoms. The lowest BCUT2D eigenvalue weighted by Gasteiger charge is -1.96. The number of rotatable bonds is 0.